The van der Waals surface area contributed by atoms with Crippen molar-refractivity contribution >= 4 is 42.6 Å². The van der Waals surface area contributed by atoms with Gasteiger partial charge < -0.3 is 24.3 Å². The number of anilines is 1. The van der Waals surface area contributed by atoms with Gasteiger partial charge in [0.2, 0.25) is 15.9 Å². The van der Waals surface area contributed by atoms with Crippen LogP contribution in [0, 0.1) is 0 Å². The molecule has 2 N–H and O–H groups in total. The number of benzene rings is 2. The molecule has 3 heterocycles. The Morgan fingerprint density at radius 3 is 2.45 bits per heavy atom. The van der Waals surface area contributed by atoms with Gasteiger partial charge in [0.25, 0.3) is 0 Å². The van der Waals surface area contributed by atoms with Crippen LogP contribution in [-0.4, -0.2) is 52.3 Å². The van der Waals surface area contributed by atoms with Crippen LogP contribution in [0.1, 0.15) is 12.8 Å². The van der Waals surface area contributed by atoms with Crippen molar-refractivity contribution < 1.29 is 32.2 Å². The molecule has 0 aliphatic carbocycles. The van der Waals surface area contributed by atoms with Gasteiger partial charge in [0.05, 0.1) is 28.3 Å². The SMILES string of the molecule is O=C(CCNS(=O)(=O)c1ccc2c(c1)OCCCO2)Nc1nc2cc3c(cc2s1)OCCO3. The molecule has 12 heteroatoms. The second-order valence-corrected chi connectivity index (χ2v) is 10.1. The van der Waals surface area contributed by atoms with Gasteiger partial charge in [0.1, 0.15) is 13.2 Å². The lowest BCUT2D eigenvalue weighted by Crippen LogP contribution is -2.27. The van der Waals surface area contributed by atoms with E-state index >= 15 is 0 Å². The van der Waals surface area contributed by atoms with Crippen molar-refractivity contribution in [3.05, 3.63) is 30.3 Å². The summed E-state index contributed by atoms with van der Waals surface area (Å²) < 4.78 is 50.7. The van der Waals surface area contributed by atoms with E-state index < -0.39 is 10.0 Å². The number of aromatic nitrogens is 1. The number of ether oxygens (including phenoxy) is 4. The number of carbonyl (C=O) groups excluding carboxylic acids is 1. The van der Waals surface area contributed by atoms with E-state index in [1.165, 1.54) is 23.5 Å². The van der Waals surface area contributed by atoms with Crippen LogP contribution in [0.4, 0.5) is 5.13 Å². The van der Waals surface area contributed by atoms with Crippen molar-refractivity contribution in [2.75, 3.05) is 38.3 Å². The topological polar surface area (TPSA) is 125 Å². The molecule has 174 valence electrons. The Hall–Kier alpha value is -3.09. The Morgan fingerprint density at radius 2 is 1.64 bits per heavy atom. The first-order valence-electron chi connectivity index (χ1n) is 10.4. The smallest absolute Gasteiger partial charge is 0.240 e. The predicted octanol–water partition coefficient (Wildman–Crippen LogP) is 2.54. The van der Waals surface area contributed by atoms with Gasteiger partial charge in [-0.2, -0.15) is 0 Å². The molecule has 10 nitrogen and oxygen atoms in total. The van der Waals surface area contributed by atoms with E-state index in [0.717, 1.165) is 11.1 Å². The van der Waals surface area contributed by atoms with E-state index in [4.69, 9.17) is 18.9 Å². The fraction of sp³-hybridized carbons (Fsp3) is 0.333. The van der Waals surface area contributed by atoms with E-state index in [9.17, 15) is 13.2 Å². The molecule has 2 aliphatic rings. The molecule has 0 bridgehead atoms. The summed E-state index contributed by atoms with van der Waals surface area (Å²) >= 11 is 1.31. The lowest BCUT2D eigenvalue weighted by Gasteiger charge is -2.17. The van der Waals surface area contributed by atoms with Gasteiger partial charge in [-0.05, 0) is 12.1 Å². The van der Waals surface area contributed by atoms with Crippen LogP contribution in [0.2, 0.25) is 0 Å². The summed E-state index contributed by atoms with van der Waals surface area (Å²) in [6.07, 6.45) is 0.672. The van der Waals surface area contributed by atoms with Crippen molar-refractivity contribution in [2.24, 2.45) is 0 Å². The second-order valence-electron chi connectivity index (χ2n) is 7.34. The molecule has 0 saturated heterocycles. The second kappa shape index (κ2) is 9.04. The first-order chi connectivity index (χ1) is 16.0. The first kappa shape index (κ1) is 21.7. The maximum atomic E-state index is 12.6. The molecule has 0 fully saturated rings. The average molecular weight is 492 g/mol. The highest BCUT2D eigenvalue weighted by Gasteiger charge is 2.20. The Kier molecular flexibility index (Phi) is 5.96. The van der Waals surface area contributed by atoms with E-state index in [2.05, 4.69) is 15.0 Å². The zero-order valence-corrected chi connectivity index (χ0v) is 19.1. The summed E-state index contributed by atoms with van der Waals surface area (Å²) in [7, 11) is -3.81. The third kappa shape index (κ3) is 4.82. The van der Waals surface area contributed by atoms with Crippen molar-refractivity contribution in [1.82, 2.24) is 9.71 Å². The number of hydrogen-bond donors (Lipinski definition) is 2. The van der Waals surface area contributed by atoms with Gasteiger partial charge in [0, 0.05) is 37.6 Å². The minimum Gasteiger partial charge on any atom is -0.490 e. The van der Waals surface area contributed by atoms with Crippen molar-refractivity contribution in [3.63, 3.8) is 0 Å². The van der Waals surface area contributed by atoms with Gasteiger partial charge in [-0.15, -0.1) is 0 Å². The number of amides is 1. The normalized spacial score (nSPS) is 15.2. The third-order valence-corrected chi connectivity index (χ3v) is 7.36. The number of sulfonamides is 1. The molecular formula is C21H21N3O7S2. The summed E-state index contributed by atoms with van der Waals surface area (Å²) in [4.78, 5) is 16.8. The highest BCUT2D eigenvalue weighted by molar-refractivity contribution is 7.89. The Bertz CT molecular complexity index is 1260. The van der Waals surface area contributed by atoms with Crippen LogP contribution in [0.15, 0.2) is 35.2 Å². The van der Waals surface area contributed by atoms with E-state index in [0.29, 0.717) is 60.1 Å². The monoisotopic (exact) mass is 491 g/mol. The van der Waals surface area contributed by atoms with Crippen LogP contribution < -0.4 is 29.0 Å². The molecule has 1 amide bonds. The number of rotatable bonds is 6. The number of thiazole rings is 1. The molecular weight excluding hydrogens is 470 g/mol. The van der Waals surface area contributed by atoms with Crippen LogP contribution in [-0.2, 0) is 14.8 Å². The van der Waals surface area contributed by atoms with E-state index in [1.54, 1.807) is 12.1 Å². The molecule has 0 radical (unpaired) electrons. The van der Waals surface area contributed by atoms with Crippen LogP contribution in [0.3, 0.4) is 0 Å². The van der Waals surface area contributed by atoms with E-state index in [-0.39, 0.29) is 23.8 Å². The summed E-state index contributed by atoms with van der Waals surface area (Å²) in [5, 5.41) is 3.13. The largest absolute Gasteiger partial charge is 0.490 e. The first-order valence-corrected chi connectivity index (χ1v) is 12.7. The standard InChI is InChI=1S/C21H21N3O7S2/c25-20(24-21-23-14-11-17-18(12-19(14)32-21)31-9-8-30-17)4-5-22-33(26,27)13-2-3-15-16(10-13)29-7-1-6-28-15/h2-3,10-12,22H,1,4-9H2,(H,23,24,25). The molecule has 33 heavy (non-hydrogen) atoms. The summed E-state index contributed by atoms with van der Waals surface area (Å²) in [5.41, 5.74) is 0.690. The number of nitrogens with zero attached hydrogens (tertiary/aromatic N) is 1. The molecule has 2 aliphatic heterocycles. The predicted molar refractivity (Wildman–Crippen MR) is 121 cm³/mol. The minimum absolute atomic E-state index is 0.0479. The maximum absolute atomic E-state index is 12.6. The number of nitrogens with one attached hydrogen (secondary N) is 2. The molecule has 0 unspecified atom stereocenters. The highest BCUT2D eigenvalue weighted by Crippen LogP contribution is 2.38. The fourth-order valence-electron chi connectivity index (χ4n) is 3.39. The van der Waals surface area contributed by atoms with Crippen LogP contribution in [0.25, 0.3) is 10.2 Å². The molecule has 5 rings (SSSR count). The quantitative estimate of drug-likeness (QED) is 0.539. The molecule has 3 aromatic rings. The zero-order chi connectivity index (χ0) is 22.8. The van der Waals surface area contributed by atoms with E-state index in [1.807, 2.05) is 6.07 Å². The van der Waals surface area contributed by atoms with Crippen molar-refractivity contribution in [2.45, 2.75) is 17.7 Å². The lowest BCUT2D eigenvalue weighted by molar-refractivity contribution is -0.116. The van der Waals surface area contributed by atoms with Crippen molar-refractivity contribution in [3.8, 4) is 23.0 Å². The summed E-state index contributed by atoms with van der Waals surface area (Å²) in [6, 6.07) is 8.06. The summed E-state index contributed by atoms with van der Waals surface area (Å²) in [6.45, 7) is 1.88. The molecule has 1 aromatic heterocycles. The molecule has 0 atom stereocenters. The highest BCUT2D eigenvalue weighted by atomic mass is 32.2. The third-order valence-electron chi connectivity index (χ3n) is 4.97. The summed E-state index contributed by atoms with van der Waals surface area (Å²) in [5.74, 6) is 1.83. The van der Waals surface area contributed by atoms with Gasteiger partial charge in [-0.25, -0.2) is 18.1 Å². The molecule has 0 spiro atoms. The Morgan fingerprint density at radius 1 is 0.939 bits per heavy atom. The number of fused-ring (bicyclic) bond motifs is 3. The minimum atomic E-state index is -3.81. The Balaban J connectivity index is 1.19. The van der Waals surface area contributed by atoms with Gasteiger partial charge in [-0.3, -0.25) is 4.79 Å². The number of carbonyl (C=O) groups is 1. The molecule has 2 aromatic carbocycles. The van der Waals surface area contributed by atoms with Crippen LogP contribution in [0.5, 0.6) is 23.0 Å². The number of hydrogen-bond acceptors (Lipinski definition) is 9. The van der Waals surface area contributed by atoms with Gasteiger partial charge >= 0.3 is 0 Å². The Labute approximate surface area is 193 Å². The van der Waals surface area contributed by atoms with Gasteiger partial charge in [0.15, 0.2) is 28.1 Å². The van der Waals surface area contributed by atoms with Gasteiger partial charge in [-0.1, -0.05) is 11.3 Å². The zero-order valence-electron chi connectivity index (χ0n) is 17.5. The molecule has 0 saturated carbocycles. The lowest BCUT2D eigenvalue weighted by atomic mass is 10.3. The van der Waals surface area contributed by atoms with Crippen LogP contribution >= 0.6 is 11.3 Å². The maximum Gasteiger partial charge on any atom is 0.240 e. The van der Waals surface area contributed by atoms with Crippen molar-refractivity contribution in [1.29, 1.82) is 0 Å². The fourth-order valence-corrected chi connectivity index (χ4v) is 5.33. The average Bonchev–Trinajstić information content (AvgIpc) is 3.02.